The normalized spacial score (nSPS) is 12.8. The van der Waals surface area contributed by atoms with Gasteiger partial charge < -0.3 is 5.32 Å². The van der Waals surface area contributed by atoms with Gasteiger partial charge in [0.1, 0.15) is 0 Å². The van der Waals surface area contributed by atoms with E-state index in [1.165, 1.54) is 11.5 Å². The molecular weight excluding hydrogens is 158 g/mol. The van der Waals surface area contributed by atoms with Gasteiger partial charge in [0.05, 0.1) is 5.69 Å². The van der Waals surface area contributed by atoms with Crippen molar-refractivity contribution in [1.82, 2.24) is 14.9 Å². The van der Waals surface area contributed by atoms with Gasteiger partial charge in [0.2, 0.25) is 0 Å². The van der Waals surface area contributed by atoms with Gasteiger partial charge >= 0.3 is 0 Å². The van der Waals surface area contributed by atoms with Crippen LogP contribution in [0.1, 0.15) is 12.6 Å². The number of hydrogen-bond acceptors (Lipinski definition) is 4. The van der Waals surface area contributed by atoms with Gasteiger partial charge in [0.25, 0.3) is 0 Å². The molecule has 0 fully saturated rings. The van der Waals surface area contributed by atoms with Crippen LogP contribution in [0.25, 0.3) is 0 Å². The van der Waals surface area contributed by atoms with Crippen molar-refractivity contribution < 1.29 is 0 Å². The van der Waals surface area contributed by atoms with Crippen molar-refractivity contribution in [1.29, 1.82) is 0 Å². The lowest BCUT2D eigenvalue weighted by atomic mass is 10.3. The molecule has 3 nitrogen and oxygen atoms in total. The van der Waals surface area contributed by atoms with Crippen LogP contribution in [0.5, 0.6) is 0 Å². The molecule has 0 saturated carbocycles. The highest BCUT2D eigenvalue weighted by Gasteiger charge is 1.97. The monoisotopic (exact) mass is 169 g/mol. The fourth-order valence-corrected chi connectivity index (χ4v) is 1.06. The minimum atomic E-state index is 0.330. The molecule has 0 amide bonds. The number of hydrogen-bond donors (Lipinski definition) is 1. The molecule has 0 bridgehead atoms. The van der Waals surface area contributed by atoms with Gasteiger partial charge in [-0.25, -0.2) is 0 Å². The molecule has 0 spiro atoms. The molecule has 60 valence electrons. The van der Waals surface area contributed by atoms with E-state index in [-0.39, 0.29) is 0 Å². The molecule has 1 rings (SSSR count). The molecule has 0 radical (unpaired) electrons. The Labute approximate surface area is 70.3 Å². The van der Waals surface area contributed by atoms with Gasteiger partial charge in [0, 0.05) is 18.0 Å². The zero-order valence-corrected chi connectivity index (χ0v) is 7.27. The molecule has 0 aromatic carbocycles. The molecule has 0 aliphatic heterocycles. The zero-order chi connectivity index (χ0) is 8.10. The van der Waals surface area contributed by atoms with E-state index in [1.54, 1.807) is 0 Å². The fraction of sp³-hybridized carbons (Fsp3) is 0.429. The fourth-order valence-electron chi connectivity index (χ4n) is 0.610. The first-order valence-corrected chi connectivity index (χ1v) is 4.28. The third-order valence-corrected chi connectivity index (χ3v) is 1.92. The summed E-state index contributed by atoms with van der Waals surface area (Å²) in [6.07, 6.45) is 1.86. The lowest BCUT2D eigenvalue weighted by Crippen LogP contribution is -2.22. The van der Waals surface area contributed by atoms with Gasteiger partial charge in [-0.1, -0.05) is 10.6 Å². The maximum atomic E-state index is 3.89. The Hall–Kier alpha value is -0.740. The molecule has 0 saturated heterocycles. The van der Waals surface area contributed by atoms with E-state index in [0.717, 1.165) is 12.2 Å². The Morgan fingerprint density at radius 2 is 2.73 bits per heavy atom. The smallest absolute Gasteiger partial charge is 0.0893 e. The summed E-state index contributed by atoms with van der Waals surface area (Å²) in [6, 6.07) is 0.330. The van der Waals surface area contributed by atoms with Gasteiger partial charge in [-0.3, -0.25) is 0 Å². The van der Waals surface area contributed by atoms with E-state index in [0.29, 0.717) is 6.04 Å². The number of aromatic nitrogens is 2. The third-order valence-electron chi connectivity index (χ3n) is 1.36. The van der Waals surface area contributed by atoms with Crippen molar-refractivity contribution in [2.45, 2.75) is 19.5 Å². The quantitative estimate of drug-likeness (QED) is 0.688. The Bertz CT molecular complexity index is 207. The zero-order valence-electron chi connectivity index (χ0n) is 6.45. The minimum absolute atomic E-state index is 0.330. The van der Waals surface area contributed by atoms with Gasteiger partial charge in [-0.15, -0.1) is 11.7 Å². The van der Waals surface area contributed by atoms with Crippen molar-refractivity contribution in [3.63, 3.8) is 0 Å². The highest BCUT2D eigenvalue weighted by Crippen LogP contribution is 1.96. The van der Waals surface area contributed by atoms with Crippen LogP contribution in [0.3, 0.4) is 0 Å². The van der Waals surface area contributed by atoms with E-state index in [1.807, 2.05) is 18.4 Å². The molecule has 1 atom stereocenters. The maximum absolute atomic E-state index is 3.89. The molecule has 1 heterocycles. The average Bonchev–Trinajstić information content (AvgIpc) is 2.52. The van der Waals surface area contributed by atoms with Crippen LogP contribution in [-0.2, 0) is 6.54 Å². The topological polar surface area (TPSA) is 37.8 Å². The molecule has 1 aromatic rings. The molecule has 1 unspecified atom stereocenters. The van der Waals surface area contributed by atoms with Crippen LogP contribution in [0.2, 0.25) is 0 Å². The number of rotatable bonds is 4. The van der Waals surface area contributed by atoms with Crippen LogP contribution >= 0.6 is 11.5 Å². The predicted molar refractivity (Wildman–Crippen MR) is 46.4 cm³/mol. The molecular formula is C7H11N3S. The van der Waals surface area contributed by atoms with Crippen molar-refractivity contribution in [3.8, 4) is 0 Å². The van der Waals surface area contributed by atoms with E-state index in [2.05, 4.69) is 21.5 Å². The van der Waals surface area contributed by atoms with Crippen LogP contribution in [0, 0.1) is 0 Å². The highest BCUT2D eigenvalue weighted by atomic mass is 32.1. The van der Waals surface area contributed by atoms with E-state index < -0.39 is 0 Å². The Balaban J connectivity index is 2.28. The van der Waals surface area contributed by atoms with Crippen LogP contribution < -0.4 is 5.32 Å². The summed E-state index contributed by atoms with van der Waals surface area (Å²) < 4.78 is 3.75. The van der Waals surface area contributed by atoms with E-state index in [4.69, 9.17) is 0 Å². The molecule has 11 heavy (non-hydrogen) atoms. The van der Waals surface area contributed by atoms with Crippen molar-refractivity contribution >= 4 is 11.5 Å². The Morgan fingerprint density at radius 1 is 1.91 bits per heavy atom. The lowest BCUT2D eigenvalue weighted by molar-refractivity contribution is 0.623. The summed E-state index contributed by atoms with van der Waals surface area (Å²) in [5.41, 5.74) is 0.990. The first-order chi connectivity index (χ1) is 5.33. The van der Waals surface area contributed by atoms with E-state index in [9.17, 15) is 0 Å². The second-order valence-corrected chi connectivity index (χ2v) is 2.91. The summed E-state index contributed by atoms with van der Waals surface area (Å²) >= 11 is 1.37. The molecule has 1 aromatic heterocycles. The van der Waals surface area contributed by atoms with Crippen molar-refractivity contribution in [3.05, 3.63) is 23.7 Å². The SMILES string of the molecule is C=CC(C)NCc1csnn1. The van der Waals surface area contributed by atoms with Gasteiger partial charge in [0.15, 0.2) is 0 Å². The standard InChI is InChI=1S/C7H11N3S/c1-3-6(2)8-4-7-5-11-10-9-7/h3,5-6,8H,1,4H2,2H3. The maximum Gasteiger partial charge on any atom is 0.0893 e. The van der Waals surface area contributed by atoms with Crippen LogP contribution in [-0.4, -0.2) is 15.6 Å². The van der Waals surface area contributed by atoms with Gasteiger partial charge in [-0.05, 0) is 18.5 Å². The summed E-state index contributed by atoms with van der Waals surface area (Å²) in [6.45, 7) is 6.48. The van der Waals surface area contributed by atoms with E-state index >= 15 is 0 Å². The van der Waals surface area contributed by atoms with Crippen molar-refractivity contribution in [2.75, 3.05) is 0 Å². The predicted octanol–water partition coefficient (Wildman–Crippen LogP) is 1.20. The molecule has 0 aliphatic rings. The Kier molecular flexibility index (Phi) is 3.19. The number of nitrogens with zero attached hydrogens (tertiary/aromatic N) is 2. The van der Waals surface area contributed by atoms with Gasteiger partial charge in [-0.2, -0.15) is 0 Å². The van der Waals surface area contributed by atoms with Crippen LogP contribution in [0.4, 0.5) is 0 Å². The molecule has 4 heteroatoms. The highest BCUT2D eigenvalue weighted by molar-refractivity contribution is 7.03. The third kappa shape index (κ3) is 2.78. The average molecular weight is 169 g/mol. The summed E-state index contributed by atoms with van der Waals surface area (Å²) in [7, 11) is 0. The lowest BCUT2D eigenvalue weighted by Gasteiger charge is -2.05. The molecule has 0 aliphatic carbocycles. The summed E-state index contributed by atoms with van der Waals surface area (Å²) in [5, 5.41) is 9.05. The van der Waals surface area contributed by atoms with Crippen LogP contribution in [0.15, 0.2) is 18.0 Å². The summed E-state index contributed by atoms with van der Waals surface area (Å²) in [5.74, 6) is 0. The second kappa shape index (κ2) is 4.20. The van der Waals surface area contributed by atoms with Crippen molar-refractivity contribution in [2.24, 2.45) is 0 Å². The first kappa shape index (κ1) is 8.36. The number of nitrogens with one attached hydrogen (secondary N) is 1. The molecule has 1 N–H and O–H groups in total. The largest absolute Gasteiger partial charge is 0.305 e. The Morgan fingerprint density at radius 3 is 3.27 bits per heavy atom. The first-order valence-electron chi connectivity index (χ1n) is 3.45. The summed E-state index contributed by atoms with van der Waals surface area (Å²) in [4.78, 5) is 0. The minimum Gasteiger partial charge on any atom is -0.305 e. The second-order valence-electron chi connectivity index (χ2n) is 2.30.